The summed E-state index contributed by atoms with van der Waals surface area (Å²) >= 11 is 0. The van der Waals surface area contributed by atoms with Crippen molar-refractivity contribution in [1.82, 2.24) is 20.1 Å². The Bertz CT molecular complexity index is 732. The van der Waals surface area contributed by atoms with Gasteiger partial charge in [-0.3, -0.25) is 4.79 Å². The average molecular weight is 499 g/mol. The predicted octanol–water partition coefficient (Wildman–Crippen LogP) is 2.33. The summed E-state index contributed by atoms with van der Waals surface area (Å²) < 4.78 is 7.67. The smallest absolute Gasteiger partial charge is 0.259 e. The molecule has 0 aliphatic rings. The highest BCUT2D eigenvalue weighted by molar-refractivity contribution is 14.0. The van der Waals surface area contributed by atoms with E-state index in [2.05, 4.69) is 20.2 Å². The third kappa shape index (κ3) is 8.64. The van der Waals surface area contributed by atoms with Gasteiger partial charge in [-0.1, -0.05) is 12.1 Å². The zero-order valence-corrected chi connectivity index (χ0v) is 19.1. The molecule has 28 heavy (non-hydrogen) atoms. The van der Waals surface area contributed by atoms with Crippen LogP contribution < -0.4 is 15.4 Å². The molecule has 1 aromatic carbocycles. The third-order valence-corrected chi connectivity index (χ3v) is 3.85. The van der Waals surface area contributed by atoms with Gasteiger partial charge in [-0.15, -0.1) is 24.0 Å². The van der Waals surface area contributed by atoms with Crippen molar-refractivity contribution in [2.45, 2.75) is 20.0 Å². The van der Waals surface area contributed by atoms with E-state index in [1.54, 1.807) is 14.1 Å². The number of halogens is 1. The standard InChI is InChI=1S/C20H29N5O2.HI/c1-4-21-20(22-10-13-25-11-5-6-12-25)23-15-17-8-7-9-18(14-17)27-16-19(26)24(2)3;/h5-9,11-12,14H,4,10,13,15-16H2,1-3H3,(H2,21,22,23);1H. The van der Waals surface area contributed by atoms with E-state index >= 15 is 0 Å². The first-order valence-corrected chi connectivity index (χ1v) is 9.13. The molecule has 2 N–H and O–H groups in total. The Morgan fingerprint density at radius 1 is 1.18 bits per heavy atom. The largest absolute Gasteiger partial charge is 0.484 e. The molecule has 0 spiro atoms. The highest BCUT2D eigenvalue weighted by atomic mass is 127. The van der Waals surface area contributed by atoms with Crippen LogP contribution in [0.2, 0.25) is 0 Å². The van der Waals surface area contributed by atoms with Crippen LogP contribution in [-0.2, 0) is 17.9 Å². The van der Waals surface area contributed by atoms with E-state index in [-0.39, 0.29) is 36.5 Å². The van der Waals surface area contributed by atoms with Gasteiger partial charge in [0.15, 0.2) is 12.6 Å². The number of carbonyl (C=O) groups is 1. The van der Waals surface area contributed by atoms with Gasteiger partial charge in [-0.2, -0.15) is 0 Å². The topological polar surface area (TPSA) is 70.9 Å². The first-order valence-electron chi connectivity index (χ1n) is 9.13. The van der Waals surface area contributed by atoms with E-state index in [1.807, 2.05) is 55.7 Å². The van der Waals surface area contributed by atoms with Gasteiger partial charge in [0.1, 0.15) is 5.75 Å². The maximum absolute atomic E-state index is 11.6. The summed E-state index contributed by atoms with van der Waals surface area (Å²) in [7, 11) is 3.42. The van der Waals surface area contributed by atoms with Gasteiger partial charge >= 0.3 is 0 Å². The van der Waals surface area contributed by atoms with Crippen molar-refractivity contribution in [2.24, 2.45) is 4.99 Å². The number of benzene rings is 1. The molecule has 0 bridgehead atoms. The quantitative estimate of drug-likeness (QED) is 0.316. The van der Waals surface area contributed by atoms with E-state index in [0.29, 0.717) is 12.3 Å². The van der Waals surface area contributed by atoms with Crippen LogP contribution in [0, 0.1) is 0 Å². The number of carbonyl (C=O) groups excluding carboxylic acids is 1. The second-order valence-corrected chi connectivity index (χ2v) is 6.27. The molecule has 0 radical (unpaired) electrons. The van der Waals surface area contributed by atoms with Crippen molar-refractivity contribution in [3.8, 4) is 5.75 Å². The summed E-state index contributed by atoms with van der Waals surface area (Å²) in [5.74, 6) is 1.38. The van der Waals surface area contributed by atoms with Crippen molar-refractivity contribution >= 4 is 35.8 Å². The van der Waals surface area contributed by atoms with E-state index in [4.69, 9.17) is 4.74 Å². The van der Waals surface area contributed by atoms with Gasteiger partial charge in [0, 0.05) is 46.1 Å². The number of nitrogens with zero attached hydrogens (tertiary/aromatic N) is 3. The number of ether oxygens (including phenoxy) is 1. The molecule has 0 saturated heterocycles. The molecule has 0 aliphatic heterocycles. The molecule has 8 heteroatoms. The molecule has 0 fully saturated rings. The lowest BCUT2D eigenvalue weighted by Crippen LogP contribution is -2.38. The molecule has 154 valence electrons. The molecule has 1 amide bonds. The number of amides is 1. The Kier molecular flexibility index (Phi) is 11.1. The first-order chi connectivity index (χ1) is 13.1. The van der Waals surface area contributed by atoms with E-state index in [9.17, 15) is 4.79 Å². The second-order valence-electron chi connectivity index (χ2n) is 6.27. The minimum atomic E-state index is -0.0697. The minimum absolute atomic E-state index is 0. The lowest BCUT2D eigenvalue weighted by molar-refractivity contribution is -0.130. The predicted molar refractivity (Wildman–Crippen MR) is 123 cm³/mol. The van der Waals surface area contributed by atoms with E-state index in [1.165, 1.54) is 4.90 Å². The first kappa shape index (κ1) is 23.8. The van der Waals surface area contributed by atoms with Crippen LogP contribution in [-0.4, -0.2) is 55.1 Å². The molecule has 0 aliphatic carbocycles. The monoisotopic (exact) mass is 499 g/mol. The normalized spacial score (nSPS) is 10.8. The SMILES string of the molecule is CCNC(=NCc1cccc(OCC(=O)N(C)C)c1)NCCn1cccc1.I. The lowest BCUT2D eigenvalue weighted by Gasteiger charge is -2.13. The number of nitrogens with one attached hydrogen (secondary N) is 2. The van der Waals surface area contributed by atoms with Gasteiger partial charge < -0.3 is 24.8 Å². The van der Waals surface area contributed by atoms with Gasteiger partial charge in [0.05, 0.1) is 6.54 Å². The summed E-state index contributed by atoms with van der Waals surface area (Å²) in [6.07, 6.45) is 4.08. The van der Waals surface area contributed by atoms with Crippen LogP contribution >= 0.6 is 24.0 Å². The van der Waals surface area contributed by atoms with Crippen molar-refractivity contribution in [2.75, 3.05) is 33.8 Å². The molecule has 0 saturated carbocycles. The zero-order chi connectivity index (χ0) is 19.5. The Balaban J connectivity index is 0.00000392. The Morgan fingerprint density at radius 2 is 1.93 bits per heavy atom. The number of aliphatic imine (C=N–C) groups is 1. The van der Waals surface area contributed by atoms with Crippen molar-refractivity contribution in [3.63, 3.8) is 0 Å². The van der Waals surface area contributed by atoms with Crippen LogP contribution in [0.1, 0.15) is 12.5 Å². The average Bonchev–Trinajstić information content (AvgIpc) is 3.18. The van der Waals surface area contributed by atoms with Gasteiger partial charge in [-0.25, -0.2) is 4.99 Å². The van der Waals surface area contributed by atoms with Crippen molar-refractivity contribution < 1.29 is 9.53 Å². The fourth-order valence-corrected chi connectivity index (χ4v) is 2.34. The molecule has 0 atom stereocenters. The number of aromatic nitrogens is 1. The van der Waals surface area contributed by atoms with Gasteiger partial charge in [0.25, 0.3) is 5.91 Å². The molecule has 0 unspecified atom stereocenters. The Morgan fingerprint density at radius 3 is 2.61 bits per heavy atom. The lowest BCUT2D eigenvalue weighted by atomic mass is 10.2. The third-order valence-electron chi connectivity index (χ3n) is 3.85. The number of hydrogen-bond donors (Lipinski definition) is 2. The molecule has 7 nitrogen and oxygen atoms in total. The summed E-state index contributed by atoms with van der Waals surface area (Å²) in [4.78, 5) is 17.8. The van der Waals surface area contributed by atoms with Crippen LogP contribution in [0.25, 0.3) is 0 Å². The number of guanidine groups is 1. The van der Waals surface area contributed by atoms with Crippen LogP contribution in [0.15, 0.2) is 53.8 Å². The van der Waals surface area contributed by atoms with Crippen LogP contribution in [0.5, 0.6) is 5.75 Å². The molecular weight excluding hydrogens is 469 g/mol. The fraction of sp³-hybridized carbons (Fsp3) is 0.400. The highest BCUT2D eigenvalue weighted by Crippen LogP contribution is 2.14. The number of likely N-dealkylation sites (N-methyl/N-ethyl adjacent to an activating group) is 1. The second kappa shape index (κ2) is 13.0. The molecular formula is C20H30IN5O2. The summed E-state index contributed by atoms with van der Waals surface area (Å²) in [6.45, 7) is 5.06. The number of rotatable bonds is 9. The van der Waals surface area contributed by atoms with Gasteiger partial charge in [-0.05, 0) is 36.8 Å². The fourth-order valence-electron chi connectivity index (χ4n) is 2.34. The molecule has 2 aromatic rings. The zero-order valence-electron chi connectivity index (χ0n) is 16.7. The molecule has 1 aromatic heterocycles. The molecule has 1 heterocycles. The Hall–Kier alpha value is -2.23. The van der Waals surface area contributed by atoms with Crippen LogP contribution in [0.4, 0.5) is 0 Å². The van der Waals surface area contributed by atoms with Crippen LogP contribution in [0.3, 0.4) is 0 Å². The van der Waals surface area contributed by atoms with Crippen molar-refractivity contribution in [3.05, 3.63) is 54.4 Å². The number of hydrogen-bond acceptors (Lipinski definition) is 3. The summed E-state index contributed by atoms with van der Waals surface area (Å²) in [5, 5.41) is 6.58. The van der Waals surface area contributed by atoms with Crippen molar-refractivity contribution in [1.29, 1.82) is 0 Å². The highest BCUT2D eigenvalue weighted by Gasteiger charge is 2.05. The molecule has 2 rings (SSSR count). The van der Waals surface area contributed by atoms with Gasteiger partial charge in [0.2, 0.25) is 0 Å². The maximum Gasteiger partial charge on any atom is 0.259 e. The van der Waals surface area contributed by atoms with E-state index < -0.39 is 0 Å². The minimum Gasteiger partial charge on any atom is -0.484 e. The van der Waals surface area contributed by atoms with E-state index in [0.717, 1.165) is 31.2 Å². The summed E-state index contributed by atoms with van der Waals surface area (Å²) in [5.41, 5.74) is 1.02. The maximum atomic E-state index is 11.6. The summed E-state index contributed by atoms with van der Waals surface area (Å²) in [6, 6.07) is 11.7. The Labute approximate surface area is 184 Å².